The molecule has 0 N–H and O–H groups in total. The maximum atomic E-state index is 2.24. The van der Waals surface area contributed by atoms with Crippen LogP contribution in [0.4, 0.5) is 0 Å². The molecule has 2 aromatic heterocycles. The van der Waals surface area contributed by atoms with Crippen LogP contribution in [0.2, 0.25) is 0 Å². The molecule has 31 heavy (non-hydrogen) atoms. The van der Waals surface area contributed by atoms with Gasteiger partial charge in [0.2, 0.25) is 6.67 Å². The number of benzene rings is 2. The number of nitrogens with zero attached hydrogens (tertiary/aromatic N) is 4. The van der Waals surface area contributed by atoms with Crippen molar-refractivity contribution in [1.82, 2.24) is 9.13 Å². The fourth-order valence-electron chi connectivity index (χ4n) is 4.57. The molecule has 0 fully saturated rings. The van der Waals surface area contributed by atoms with Crippen molar-refractivity contribution in [3.05, 3.63) is 95.1 Å². The molecule has 164 valence electrons. The summed E-state index contributed by atoms with van der Waals surface area (Å²) < 4.78 is 8.85. The van der Waals surface area contributed by atoms with Crippen molar-refractivity contribution in [2.24, 2.45) is 0 Å². The van der Waals surface area contributed by atoms with Crippen LogP contribution in [-0.2, 0) is 6.67 Å². The third kappa shape index (κ3) is 5.18. The van der Waals surface area contributed by atoms with Crippen LogP contribution in [0.15, 0.2) is 61.7 Å². The first-order chi connectivity index (χ1) is 13.8. The Kier molecular flexibility index (Phi) is 8.06. The van der Waals surface area contributed by atoms with Crippen LogP contribution in [0.3, 0.4) is 0 Å². The lowest BCUT2D eigenvalue weighted by Crippen LogP contribution is -3.00. The van der Waals surface area contributed by atoms with E-state index in [1.54, 1.807) is 0 Å². The lowest BCUT2D eigenvalue weighted by atomic mass is 10.1. The van der Waals surface area contributed by atoms with Crippen LogP contribution in [0.5, 0.6) is 0 Å². The van der Waals surface area contributed by atoms with Gasteiger partial charge in [-0.2, -0.15) is 9.13 Å². The molecule has 4 aromatic rings. The van der Waals surface area contributed by atoms with Gasteiger partial charge in [-0.3, -0.25) is 0 Å². The van der Waals surface area contributed by atoms with E-state index in [1.165, 1.54) is 44.8 Å². The molecule has 0 aliphatic carbocycles. The highest BCUT2D eigenvalue weighted by molar-refractivity contribution is 5.43. The summed E-state index contributed by atoms with van der Waals surface area (Å²) in [5, 5.41) is 0. The van der Waals surface area contributed by atoms with Crippen LogP contribution in [0.25, 0.3) is 11.4 Å². The monoisotopic (exact) mass is 544 g/mol. The third-order valence-corrected chi connectivity index (χ3v) is 5.50. The Hall–Kier alpha value is -2.18. The lowest BCUT2D eigenvalue weighted by Gasteiger charge is -2.07. The van der Waals surface area contributed by atoms with Gasteiger partial charge < -0.3 is 34.0 Å². The molecule has 6 heteroatoms. The molecule has 0 spiro atoms. The molecule has 0 saturated carbocycles. The van der Waals surface area contributed by atoms with Crippen molar-refractivity contribution in [1.29, 1.82) is 0 Å². The highest BCUT2D eigenvalue weighted by atomic mass is 79.9. The van der Waals surface area contributed by atoms with Gasteiger partial charge in [0.1, 0.15) is 36.2 Å². The highest BCUT2D eigenvalue weighted by Crippen LogP contribution is 2.17. The summed E-state index contributed by atoms with van der Waals surface area (Å²) in [5.74, 6) is 0. The Balaban J connectivity index is 0.00000171. The second-order valence-electron chi connectivity index (χ2n) is 8.31. The first-order valence-electron chi connectivity index (χ1n) is 10.1. The Morgan fingerprint density at radius 2 is 0.903 bits per heavy atom. The minimum Gasteiger partial charge on any atom is -1.00 e. The molecule has 4 rings (SSSR count). The van der Waals surface area contributed by atoms with Gasteiger partial charge in [-0.1, -0.05) is 35.4 Å². The fourth-order valence-corrected chi connectivity index (χ4v) is 4.57. The van der Waals surface area contributed by atoms with Crippen molar-refractivity contribution in [3.63, 3.8) is 0 Å². The van der Waals surface area contributed by atoms with E-state index in [1.807, 2.05) is 0 Å². The Labute approximate surface area is 206 Å². The molecule has 0 amide bonds. The summed E-state index contributed by atoms with van der Waals surface area (Å²) in [7, 11) is 0. The SMILES string of the molecule is Cc1cc(C)c(-[n+]2ccn(Cn3cc[n+](-c4c(C)cc(C)cc4C)c3)c2)c(C)c1.[Br-].[Br-]. The minimum absolute atomic E-state index is 0. The topological polar surface area (TPSA) is 17.6 Å². The van der Waals surface area contributed by atoms with Crippen molar-refractivity contribution in [2.75, 3.05) is 0 Å². The largest absolute Gasteiger partial charge is 1.00 e. The van der Waals surface area contributed by atoms with Crippen molar-refractivity contribution < 1.29 is 43.1 Å². The van der Waals surface area contributed by atoms with E-state index in [2.05, 4.69) is 122 Å². The van der Waals surface area contributed by atoms with E-state index in [0.717, 1.165) is 6.67 Å². The quantitative estimate of drug-likeness (QED) is 0.270. The van der Waals surface area contributed by atoms with Gasteiger partial charge in [0.05, 0.1) is 0 Å². The number of rotatable bonds is 4. The maximum Gasteiger partial charge on any atom is 0.252 e. The summed E-state index contributed by atoms with van der Waals surface area (Å²) in [6.45, 7) is 13.8. The summed E-state index contributed by atoms with van der Waals surface area (Å²) in [5.41, 5.74) is 10.3. The molecular formula is C25H30Br2N4. The van der Waals surface area contributed by atoms with E-state index in [4.69, 9.17) is 0 Å². The molecule has 0 atom stereocenters. The number of hydrogen-bond acceptors (Lipinski definition) is 0. The fraction of sp³-hybridized carbons (Fsp3) is 0.280. The van der Waals surface area contributed by atoms with Gasteiger partial charge in [-0.05, 0) is 63.8 Å². The molecule has 0 saturated heterocycles. The first-order valence-corrected chi connectivity index (χ1v) is 10.1. The smallest absolute Gasteiger partial charge is 0.252 e. The van der Waals surface area contributed by atoms with E-state index < -0.39 is 0 Å². The van der Waals surface area contributed by atoms with E-state index >= 15 is 0 Å². The standard InChI is InChI=1S/C25H30N4.2BrH/c1-18-11-20(3)24(21(4)12-18)28-9-7-26(16-28)15-27-8-10-29(17-27)25-22(5)13-19(2)14-23(25)6;;/h7-14,16-17H,15H2,1-6H3;2*1H/q+2;;/p-2. The average Bonchev–Trinajstić information content (AvgIpc) is 3.23. The van der Waals surface area contributed by atoms with E-state index in [0.29, 0.717) is 0 Å². The summed E-state index contributed by atoms with van der Waals surface area (Å²) in [6, 6.07) is 8.98. The van der Waals surface area contributed by atoms with Crippen LogP contribution in [0, 0.1) is 41.5 Å². The molecule has 2 heterocycles. The minimum atomic E-state index is 0. The predicted octanol–water partition coefficient (Wildman–Crippen LogP) is -1.79. The zero-order chi connectivity index (χ0) is 20.7. The second-order valence-corrected chi connectivity index (χ2v) is 8.31. The number of imidazole rings is 2. The molecule has 4 nitrogen and oxygen atoms in total. The normalized spacial score (nSPS) is 10.5. The number of halogens is 2. The zero-order valence-corrected chi connectivity index (χ0v) is 22.2. The number of aromatic nitrogens is 4. The summed E-state index contributed by atoms with van der Waals surface area (Å²) >= 11 is 0. The van der Waals surface area contributed by atoms with Gasteiger partial charge in [0.25, 0.3) is 12.7 Å². The van der Waals surface area contributed by atoms with Crippen LogP contribution >= 0.6 is 0 Å². The Morgan fingerprint density at radius 1 is 0.581 bits per heavy atom. The zero-order valence-electron chi connectivity index (χ0n) is 19.0. The van der Waals surface area contributed by atoms with Gasteiger partial charge in [-0.15, -0.1) is 0 Å². The molecule has 2 aromatic carbocycles. The van der Waals surface area contributed by atoms with Crippen molar-refractivity contribution in [3.8, 4) is 11.4 Å². The molecule has 0 radical (unpaired) electrons. The molecular weight excluding hydrogens is 516 g/mol. The average molecular weight is 546 g/mol. The van der Waals surface area contributed by atoms with Crippen molar-refractivity contribution in [2.45, 2.75) is 48.2 Å². The van der Waals surface area contributed by atoms with E-state index in [-0.39, 0.29) is 34.0 Å². The summed E-state index contributed by atoms with van der Waals surface area (Å²) in [6.07, 6.45) is 12.9. The number of aryl methyl sites for hydroxylation is 6. The molecule has 0 aliphatic heterocycles. The molecule has 0 unspecified atom stereocenters. The van der Waals surface area contributed by atoms with Gasteiger partial charge in [0.15, 0.2) is 0 Å². The maximum absolute atomic E-state index is 2.24. The first kappa shape index (κ1) is 25.1. The van der Waals surface area contributed by atoms with Gasteiger partial charge >= 0.3 is 0 Å². The second kappa shape index (κ2) is 9.96. The van der Waals surface area contributed by atoms with Gasteiger partial charge in [-0.25, -0.2) is 9.13 Å². The van der Waals surface area contributed by atoms with Crippen LogP contribution < -0.4 is 43.1 Å². The van der Waals surface area contributed by atoms with Gasteiger partial charge in [0, 0.05) is 0 Å². The lowest BCUT2D eigenvalue weighted by molar-refractivity contribution is -0.597. The Bertz CT molecular complexity index is 1060. The van der Waals surface area contributed by atoms with Crippen LogP contribution in [-0.4, -0.2) is 9.13 Å². The molecule has 0 aliphatic rings. The predicted molar refractivity (Wildman–Crippen MR) is 116 cm³/mol. The summed E-state index contributed by atoms with van der Waals surface area (Å²) in [4.78, 5) is 0. The third-order valence-electron chi connectivity index (χ3n) is 5.50. The number of hydrogen-bond donors (Lipinski definition) is 0. The highest BCUT2D eigenvalue weighted by Gasteiger charge is 2.16. The van der Waals surface area contributed by atoms with Crippen LogP contribution in [0.1, 0.15) is 33.4 Å². The molecule has 0 bridgehead atoms. The Morgan fingerprint density at radius 3 is 1.23 bits per heavy atom. The van der Waals surface area contributed by atoms with Crippen molar-refractivity contribution >= 4 is 0 Å². The van der Waals surface area contributed by atoms with E-state index in [9.17, 15) is 0 Å².